The molecular weight excluding hydrogens is 625 g/mol. The number of nitrogens with zero attached hydrogens (tertiary/aromatic N) is 2. The number of aromatic nitrogens is 1. The molecule has 226 valence electrons. The van der Waals surface area contributed by atoms with Crippen LogP contribution >= 0.6 is 22.7 Å². The first-order valence-electron chi connectivity index (χ1n) is 15.9. The molecule has 0 aliphatic heterocycles. The number of anilines is 3. The average Bonchev–Trinajstić information content (AvgIpc) is 3.84. The van der Waals surface area contributed by atoms with Crippen LogP contribution in [0, 0.1) is 0 Å². The van der Waals surface area contributed by atoms with E-state index in [4.69, 9.17) is 9.40 Å². The number of thiophene rings is 2. The predicted molar refractivity (Wildman–Crippen MR) is 205 cm³/mol. The van der Waals surface area contributed by atoms with E-state index in [1.165, 1.54) is 51.5 Å². The summed E-state index contributed by atoms with van der Waals surface area (Å²) in [6, 6.07) is 56.2. The maximum atomic E-state index is 6.29. The van der Waals surface area contributed by atoms with Crippen LogP contribution in [0.1, 0.15) is 0 Å². The Hall–Kier alpha value is -5.75. The smallest absolute Gasteiger partial charge is 0.227 e. The van der Waals surface area contributed by atoms with Gasteiger partial charge in [-0.15, -0.1) is 22.7 Å². The van der Waals surface area contributed by atoms with Crippen molar-refractivity contribution >= 4 is 91.2 Å². The highest BCUT2D eigenvalue weighted by atomic mass is 32.1. The number of rotatable bonds is 5. The lowest BCUT2D eigenvalue weighted by molar-refractivity contribution is 0.620. The van der Waals surface area contributed by atoms with Gasteiger partial charge in [0, 0.05) is 63.0 Å². The van der Waals surface area contributed by atoms with Crippen molar-refractivity contribution in [3.05, 3.63) is 158 Å². The molecule has 10 aromatic rings. The summed E-state index contributed by atoms with van der Waals surface area (Å²) < 4.78 is 11.4. The van der Waals surface area contributed by atoms with Gasteiger partial charge in [-0.3, -0.25) is 0 Å². The minimum absolute atomic E-state index is 0.651. The van der Waals surface area contributed by atoms with Crippen LogP contribution in [0.3, 0.4) is 0 Å². The lowest BCUT2D eigenvalue weighted by atomic mass is 9.99. The maximum absolute atomic E-state index is 6.29. The minimum Gasteiger partial charge on any atom is -0.436 e. The molecule has 0 aliphatic rings. The van der Waals surface area contributed by atoms with Gasteiger partial charge in [0.25, 0.3) is 0 Å². The van der Waals surface area contributed by atoms with E-state index < -0.39 is 0 Å². The largest absolute Gasteiger partial charge is 0.436 e. The number of hydrogen-bond donors (Lipinski definition) is 0. The van der Waals surface area contributed by atoms with Crippen LogP contribution in [0.5, 0.6) is 0 Å². The fraction of sp³-hybridized carbons (Fsp3) is 0. The number of para-hydroxylation sites is 1. The average molecular weight is 651 g/mol. The van der Waals surface area contributed by atoms with Gasteiger partial charge in [-0.1, -0.05) is 78.9 Å². The molecule has 0 radical (unpaired) electrons. The number of hydrogen-bond acceptors (Lipinski definition) is 5. The van der Waals surface area contributed by atoms with Crippen molar-refractivity contribution in [1.29, 1.82) is 0 Å². The van der Waals surface area contributed by atoms with Gasteiger partial charge in [-0.05, 0) is 90.0 Å². The molecule has 0 aliphatic carbocycles. The minimum atomic E-state index is 0.651. The van der Waals surface area contributed by atoms with Crippen LogP contribution in [0.15, 0.2) is 162 Å². The van der Waals surface area contributed by atoms with Gasteiger partial charge in [0.2, 0.25) is 5.89 Å². The van der Waals surface area contributed by atoms with Crippen molar-refractivity contribution in [3.8, 4) is 22.6 Å². The van der Waals surface area contributed by atoms with E-state index in [0.717, 1.165) is 33.7 Å². The Morgan fingerprint density at radius 3 is 2.00 bits per heavy atom. The Morgan fingerprint density at radius 2 is 1.15 bits per heavy atom. The van der Waals surface area contributed by atoms with Crippen molar-refractivity contribution < 1.29 is 4.42 Å². The van der Waals surface area contributed by atoms with Gasteiger partial charge in [-0.2, -0.15) is 0 Å². The molecular formula is C43H26N2OS2. The van der Waals surface area contributed by atoms with E-state index in [-0.39, 0.29) is 0 Å². The van der Waals surface area contributed by atoms with Crippen LogP contribution in [0.2, 0.25) is 0 Å². The first-order valence-corrected chi connectivity index (χ1v) is 17.6. The Balaban J connectivity index is 1.08. The van der Waals surface area contributed by atoms with Gasteiger partial charge in [-0.25, -0.2) is 4.98 Å². The van der Waals surface area contributed by atoms with Gasteiger partial charge < -0.3 is 9.32 Å². The van der Waals surface area contributed by atoms with Crippen LogP contribution in [0.25, 0.3) is 74.0 Å². The second-order valence-electron chi connectivity index (χ2n) is 12.0. The summed E-state index contributed by atoms with van der Waals surface area (Å²) in [7, 11) is 0. The topological polar surface area (TPSA) is 29.3 Å². The molecule has 3 heterocycles. The summed E-state index contributed by atoms with van der Waals surface area (Å²) in [5.41, 5.74) is 8.44. The first-order chi connectivity index (χ1) is 23.8. The summed E-state index contributed by atoms with van der Waals surface area (Å²) in [4.78, 5) is 7.17. The third-order valence-corrected chi connectivity index (χ3v) is 11.4. The Kier molecular flexibility index (Phi) is 6.22. The van der Waals surface area contributed by atoms with Crippen LogP contribution < -0.4 is 4.90 Å². The summed E-state index contributed by atoms with van der Waals surface area (Å²) in [6.07, 6.45) is 0. The van der Waals surface area contributed by atoms with E-state index in [1.807, 2.05) is 41.7 Å². The Labute approximate surface area is 284 Å². The van der Waals surface area contributed by atoms with E-state index in [9.17, 15) is 0 Å². The van der Waals surface area contributed by atoms with Crippen molar-refractivity contribution in [3.63, 3.8) is 0 Å². The molecule has 0 saturated heterocycles. The standard InChI is InChI=1S/C43H26N2OS2/c1-3-10-28(11-4-1)43-44-36-26-41-35(25-37(36)46-43)42-32(15-9-17-40(42)48-41)27-18-20-30(21-19-27)45(29-12-5-2-6-13-29)31-22-23-39-34(24-31)33-14-7-8-16-38(33)47-39/h1-26H. The van der Waals surface area contributed by atoms with Crippen molar-refractivity contribution in [1.82, 2.24) is 4.98 Å². The molecule has 3 aromatic heterocycles. The van der Waals surface area contributed by atoms with Crippen molar-refractivity contribution in [2.75, 3.05) is 4.90 Å². The Bertz CT molecular complexity index is 2780. The fourth-order valence-corrected chi connectivity index (χ4v) is 9.09. The third kappa shape index (κ3) is 4.43. The summed E-state index contributed by atoms with van der Waals surface area (Å²) in [5, 5.41) is 5.04. The van der Waals surface area contributed by atoms with Crippen molar-refractivity contribution in [2.45, 2.75) is 0 Å². The van der Waals surface area contributed by atoms with E-state index in [0.29, 0.717) is 5.89 Å². The highest BCUT2D eigenvalue weighted by Gasteiger charge is 2.18. The molecule has 7 aromatic carbocycles. The van der Waals surface area contributed by atoms with Gasteiger partial charge in [0.05, 0.1) is 0 Å². The monoisotopic (exact) mass is 650 g/mol. The van der Waals surface area contributed by atoms with Gasteiger partial charge in [0.1, 0.15) is 5.52 Å². The van der Waals surface area contributed by atoms with Gasteiger partial charge >= 0.3 is 0 Å². The normalized spacial score (nSPS) is 11.8. The lowest BCUT2D eigenvalue weighted by Crippen LogP contribution is -2.09. The molecule has 0 saturated carbocycles. The predicted octanol–water partition coefficient (Wildman–Crippen LogP) is 13.4. The molecule has 0 spiro atoms. The molecule has 0 atom stereocenters. The SMILES string of the molecule is c1ccc(-c2nc3cc4sc5cccc(-c6ccc(N(c7ccccc7)c7ccc8sc9ccccc9c8c7)cc6)c5c4cc3o2)cc1. The first kappa shape index (κ1) is 27.4. The maximum Gasteiger partial charge on any atom is 0.227 e. The fourth-order valence-electron chi connectivity index (χ4n) is 6.86. The molecule has 0 fully saturated rings. The number of benzene rings is 7. The number of fused-ring (bicyclic) bond motifs is 7. The van der Waals surface area contributed by atoms with Crippen LogP contribution in [-0.2, 0) is 0 Å². The zero-order chi connectivity index (χ0) is 31.6. The van der Waals surface area contributed by atoms with Gasteiger partial charge in [0.15, 0.2) is 5.58 Å². The molecule has 3 nitrogen and oxygen atoms in total. The molecule has 0 unspecified atom stereocenters. The summed E-state index contributed by atoms with van der Waals surface area (Å²) in [6.45, 7) is 0. The molecule has 0 N–H and O–H groups in total. The second kappa shape index (κ2) is 10.9. The Morgan fingerprint density at radius 1 is 0.458 bits per heavy atom. The van der Waals surface area contributed by atoms with Crippen molar-refractivity contribution in [2.24, 2.45) is 0 Å². The molecule has 0 bridgehead atoms. The third-order valence-electron chi connectivity index (χ3n) is 9.10. The highest BCUT2D eigenvalue weighted by Crippen LogP contribution is 2.44. The zero-order valence-electron chi connectivity index (χ0n) is 25.6. The lowest BCUT2D eigenvalue weighted by Gasteiger charge is -2.26. The summed E-state index contributed by atoms with van der Waals surface area (Å²) in [5.74, 6) is 0.651. The molecule has 0 amide bonds. The highest BCUT2D eigenvalue weighted by molar-refractivity contribution is 7.26. The van der Waals surface area contributed by atoms with E-state index >= 15 is 0 Å². The summed E-state index contributed by atoms with van der Waals surface area (Å²) >= 11 is 3.66. The van der Waals surface area contributed by atoms with E-state index in [2.05, 4.69) is 132 Å². The molecule has 10 rings (SSSR count). The van der Waals surface area contributed by atoms with Crippen LogP contribution in [-0.4, -0.2) is 4.98 Å². The van der Waals surface area contributed by atoms with Crippen LogP contribution in [0.4, 0.5) is 17.1 Å². The zero-order valence-corrected chi connectivity index (χ0v) is 27.3. The molecule has 5 heteroatoms. The quantitative estimate of drug-likeness (QED) is 0.186. The number of oxazole rings is 1. The van der Waals surface area contributed by atoms with E-state index in [1.54, 1.807) is 11.3 Å². The second-order valence-corrected chi connectivity index (χ2v) is 14.1. The molecule has 48 heavy (non-hydrogen) atoms.